The van der Waals surface area contributed by atoms with Gasteiger partial charge < -0.3 is 10.1 Å². The molecule has 0 saturated heterocycles. The molecule has 0 aromatic heterocycles. The van der Waals surface area contributed by atoms with Gasteiger partial charge in [-0.25, -0.2) is 5.43 Å². The SMILES string of the molecule is COc1ccc(NCC(=O)NN=Cc2c(C)cc(C)cc2C)cc1. The Bertz CT molecular complexity index is 714. The van der Waals surface area contributed by atoms with E-state index in [2.05, 4.69) is 34.9 Å². The molecule has 1 amide bonds. The van der Waals surface area contributed by atoms with Crippen LogP contribution in [0.4, 0.5) is 5.69 Å². The van der Waals surface area contributed by atoms with E-state index in [1.54, 1.807) is 13.3 Å². The van der Waals surface area contributed by atoms with Crippen LogP contribution >= 0.6 is 0 Å². The number of hydrazone groups is 1. The Kier molecular flexibility index (Phi) is 5.95. The van der Waals surface area contributed by atoms with Crippen LogP contribution in [0.2, 0.25) is 0 Å². The number of hydrogen-bond acceptors (Lipinski definition) is 4. The van der Waals surface area contributed by atoms with Gasteiger partial charge in [0.1, 0.15) is 5.75 Å². The number of ether oxygens (including phenoxy) is 1. The molecule has 5 nitrogen and oxygen atoms in total. The second-order valence-corrected chi connectivity index (χ2v) is 5.69. The molecule has 0 aliphatic heterocycles. The van der Waals surface area contributed by atoms with E-state index in [4.69, 9.17) is 4.74 Å². The largest absolute Gasteiger partial charge is 0.497 e. The van der Waals surface area contributed by atoms with Gasteiger partial charge in [0.15, 0.2) is 0 Å². The Morgan fingerprint density at radius 3 is 2.33 bits per heavy atom. The number of methoxy groups -OCH3 is 1. The molecule has 0 saturated carbocycles. The fourth-order valence-corrected chi connectivity index (χ4v) is 2.49. The number of anilines is 1. The summed E-state index contributed by atoms with van der Waals surface area (Å²) in [5, 5.41) is 7.08. The number of carbonyl (C=O) groups is 1. The zero-order valence-corrected chi connectivity index (χ0v) is 14.5. The smallest absolute Gasteiger partial charge is 0.259 e. The molecular formula is C19H23N3O2. The molecule has 0 aliphatic carbocycles. The van der Waals surface area contributed by atoms with Gasteiger partial charge in [-0.2, -0.15) is 5.10 Å². The Hall–Kier alpha value is -2.82. The number of amides is 1. The van der Waals surface area contributed by atoms with Gasteiger partial charge in [0.25, 0.3) is 5.91 Å². The second kappa shape index (κ2) is 8.15. The van der Waals surface area contributed by atoms with Crippen LogP contribution in [0.3, 0.4) is 0 Å². The van der Waals surface area contributed by atoms with Gasteiger partial charge in [0.05, 0.1) is 19.9 Å². The number of aryl methyl sites for hydroxylation is 3. The molecule has 0 radical (unpaired) electrons. The van der Waals surface area contributed by atoms with Crippen molar-refractivity contribution in [2.24, 2.45) is 5.10 Å². The first-order valence-electron chi connectivity index (χ1n) is 7.77. The van der Waals surface area contributed by atoms with E-state index in [-0.39, 0.29) is 12.5 Å². The average molecular weight is 325 g/mol. The Labute approximate surface area is 142 Å². The molecule has 0 bridgehead atoms. The topological polar surface area (TPSA) is 62.7 Å². The molecule has 0 unspecified atom stereocenters. The third-order valence-electron chi connectivity index (χ3n) is 3.66. The van der Waals surface area contributed by atoms with Crippen LogP contribution in [-0.4, -0.2) is 25.8 Å². The average Bonchev–Trinajstić information content (AvgIpc) is 2.55. The van der Waals surface area contributed by atoms with Crippen LogP contribution in [-0.2, 0) is 4.79 Å². The zero-order chi connectivity index (χ0) is 17.5. The minimum Gasteiger partial charge on any atom is -0.497 e. The van der Waals surface area contributed by atoms with Gasteiger partial charge in [0.2, 0.25) is 0 Å². The van der Waals surface area contributed by atoms with Crippen molar-refractivity contribution in [1.82, 2.24) is 5.43 Å². The minimum absolute atomic E-state index is 0.148. The van der Waals surface area contributed by atoms with Gasteiger partial charge in [-0.05, 0) is 56.2 Å². The van der Waals surface area contributed by atoms with Crippen LogP contribution in [0.5, 0.6) is 5.75 Å². The highest BCUT2D eigenvalue weighted by Gasteiger charge is 2.02. The normalized spacial score (nSPS) is 10.7. The fraction of sp³-hybridized carbons (Fsp3) is 0.263. The maximum atomic E-state index is 11.8. The lowest BCUT2D eigenvalue weighted by atomic mass is 10.0. The van der Waals surface area contributed by atoms with Crippen LogP contribution in [0.15, 0.2) is 41.5 Å². The molecule has 2 aromatic rings. The van der Waals surface area contributed by atoms with Crippen LogP contribution in [0.1, 0.15) is 22.3 Å². The molecule has 0 spiro atoms. The lowest BCUT2D eigenvalue weighted by molar-refractivity contribution is -0.119. The summed E-state index contributed by atoms with van der Waals surface area (Å²) >= 11 is 0. The highest BCUT2D eigenvalue weighted by molar-refractivity contribution is 5.86. The van der Waals surface area contributed by atoms with Crippen LogP contribution in [0, 0.1) is 20.8 Å². The maximum absolute atomic E-state index is 11.8. The minimum atomic E-state index is -0.204. The van der Waals surface area contributed by atoms with E-state index < -0.39 is 0 Å². The predicted molar refractivity (Wildman–Crippen MR) is 97.9 cm³/mol. The van der Waals surface area contributed by atoms with Gasteiger partial charge in [-0.1, -0.05) is 17.7 Å². The Balaban J connectivity index is 1.86. The monoisotopic (exact) mass is 325 g/mol. The van der Waals surface area contributed by atoms with Gasteiger partial charge in [-0.3, -0.25) is 4.79 Å². The Morgan fingerprint density at radius 2 is 1.75 bits per heavy atom. The molecule has 0 heterocycles. The summed E-state index contributed by atoms with van der Waals surface area (Å²) in [5.41, 5.74) is 7.91. The van der Waals surface area contributed by atoms with Gasteiger partial charge >= 0.3 is 0 Å². The van der Waals surface area contributed by atoms with Crippen molar-refractivity contribution in [3.05, 3.63) is 58.7 Å². The summed E-state index contributed by atoms with van der Waals surface area (Å²) in [5.74, 6) is 0.572. The summed E-state index contributed by atoms with van der Waals surface area (Å²) in [7, 11) is 1.62. The summed E-state index contributed by atoms with van der Waals surface area (Å²) in [6.07, 6.45) is 1.69. The van der Waals surface area contributed by atoms with E-state index in [1.165, 1.54) is 5.56 Å². The quantitative estimate of drug-likeness (QED) is 0.633. The molecule has 0 atom stereocenters. The highest BCUT2D eigenvalue weighted by Crippen LogP contribution is 2.15. The Morgan fingerprint density at radius 1 is 1.12 bits per heavy atom. The fourth-order valence-electron chi connectivity index (χ4n) is 2.49. The molecule has 24 heavy (non-hydrogen) atoms. The van der Waals surface area contributed by atoms with Crippen LogP contribution < -0.4 is 15.5 Å². The molecule has 5 heteroatoms. The second-order valence-electron chi connectivity index (χ2n) is 5.69. The summed E-state index contributed by atoms with van der Waals surface area (Å²) in [6.45, 7) is 6.28. The van der Waals surface area contributed by atoms with Crippen molar-refractivity contribution in [2.75, 3.05) is 19.0 Å². The maximum Gasteiger partial charge on any atom is 0.259 e. The van der Waals surface area contributed by atoms with Crippen molar-refractivity contribution in [3.63, 3.8) is 0 Å². The molecule has 2 N–H and O–H groups in total. The number of carbonyl (C=O) groups excluding carboxylic acids is 1. The van der Waals surface area contributed by atoms with Crippen molar-refractivity contribution < 1.29 is 9.53 Å². The van der Waals surface area contributed by atoms with E-state index in [9.17, 15) is 4.79 Å². The third kappa shape index (κ3) is 4.84. The van der Waals surface area contributed by atoms with Crippen molar-refractivity contribution in [3.8, 4) is 5.75 Å². The van der Waals surface area contributed by atoms with E-state index in [1.807, 2.05) is 38.1 Å². The van der Waals surface area contributed by atoms with Gasteiger partial charge in [0, 0.05) is 11.3 Å². The zero-order valence-electron chi connectivity index (χ0n) is 14.5. The first-order valence-corrected chi connectivity index (χ1v) is 7.77. The lowest BCUT2D eigenvalue weighted by Crippen LogP contribution is -2.25. The molecule has 126 valence electrons. The third-order valence-corrected chi connectivity index (χ3v) is 3.66. The summed E-state index contributed by atoms with van der Waals surface area (Å²) < 4.78 is 5.09. The molecular weight excluding hydrogens is 302 g/mol. The van der Waals surface area contributed by atoms with Crippen molar-refractivity contribution >= 4 is 17.8 Å². The lowest BCUT2D eigenvalue weighted by Gasteiger charge is -2.07. The number of hydrogen-bond donors (Lipinski definition) is 2. The van der Waals surface area contributed by atoms with Crippen LogP contribution in [0.25, 0.3) is 0 Å². The molecule has 0 fully saturated rings. The molecule has 2 rings (SSSR count). The first-order chi connectivity index (χ1) is 11.5. The number of benzene rings is 2. The van der Waals surface area contributed by atoms with Crippen molar-refractivity contribution in [1.29, 1.82) is 0 Å². The molecule has 2 aromatic carbocycles. The van der Waals surface area contributed by atoms with E-state index in [0.29, 0.717) is 0 Å². The molecule has 0 aliphatic rings. The predicted octanol–water partition coefficient (Wildman–Crippen LogP) is 3.18. The highest BCUT2D eigenvalue weighted by atomic mass is 16.5. The van der Waals surface area contributed by atoms with E-state index in [0.717, 1.165) is 28.1 Å². The summed E-state index contributed by atoms with van der Waals surface area (Å²) in [6, 6.07) is 11.6. The number of rotatable bonds is 6. The van der Waals surface area contributed by atoms with Crippen molar-refractivity contribution in [2.45, 2.75) is 20.8 Å². The standard InChI is InChI=1S/C19H23N3O2/c1-13-9-14(2)18(15(3)10-13)11-21-22-19(23)12-20-16-5-7-17(24-4)8-6-16/h5-11,20H,12H2,1-4H3,(H,22,23). The first kappa shape index (κ1) is 17.5. The number of nitrogens with one attached hydrogen (secondary N) is 2. The van der Waals surface area contributed by atoms with E-state index >= 15 is 0 Å². The summed E-state index contributed by atoms with van der Waals surface area (Å²) in [4.78, 5) is 11.8. The number of nitrogens with zero attached hydrogens (tertiary/aromatic N) is 1. The van der Waals surface area contributed by atoms with Gasteiger partial charge in [-0.15, -0.1) is 0 Å².